The maximum atomic E-state index is 12.9. The number of likely N-dealkylation sites (tertiary alicyclic amines) is 1. The van der Waals surface area contributed by atoms with Crippen molar-refractivity contribution in [1.82, 2.24) is 4.90 Å². The van der Waals surface area contributed by atoms with E-state index in [4.69, 9.17) is 10.2 Å². The van der Waals surface area contributed by atoms with Crippen LogP contribution in [0.5, 0.6) is 0 Å². The minimum absolute atomic E-state index is 0.0470. The van der Waals surface area contributed by atoms with Gasteiger partial charge in [0.15, 0.2) is 0 Å². The number of nitrogens with two attached hydrogens (primary N) is 1. The largest absolute Gasteiger partial charge is 0.464 e. The Bertz CT molecular complexity index is 660. The minimum atomic E-state index is 0.0470. The van der Waals surface area contributed by atoms with Crippen molar-refractivity contribution in [2.45, 2.75) is 45.2 Å². The summed E-state index contributed by atoms with van der Waals surface area (Å²) in [4.78, 5) is 14.9. The van der Waals surface area contributed by atoms with Crippen LogP contribution in [0.1, 0.15) is 59.7 Å². The predicted octanol–water partition coefficient (Wildman–Crippen LogP) is 3.67. The molecule has 1 amide bonds. The van der Waals surface area contributed by atoms with Crippen molar-refractivity contribution < 1.29 is 9.21 Å². The van der Waals surface area contributed by atoms with Gasteiger partial charge < -0.3 is 15.1 Å². The van der Waals surface area contributed by atoms with Gasteiger partial charge in [0.2, 0.25) is 0 Å². The molecule has 1 fully saturated rings. The number of hydrogen-bond acceptors (Lipinski definition) is 3. The molecule has 0 aliphatic carbocycles. The Morgan fingerprint density at radius 1 is 1.22 bits per heavy atom. The number of carbonyl (C=O) groups is 1. The van der Waals surface area contributed by atoms with E-state index in [1.54, 1.807) is 0 Å². The van der Waals surface area contributed by atoms with E-state index in [2.05, 4.69) is 6.92 Å². The van der Waals surface area contributed by atoms with Gasteiger partial charge in [0, 0.05) is 25.1 Å². The van der Waals surface area contributed by atoms with Crippen LogP contribution in [0, 0.1) is 0 Å². The molecule has 0 saturated carbocycles. The second-order valence-corrected chi connectivity index (χ2v) is 6.07. The molecule has 2 aromatic rings. The lowest BCUT2D eigenvalue weighted by molar-refractivity contribution is 0.0578. The lowest BCUT2D eigenvalue weighted by Crippen LogP contribution is -2.38. The van der Waals surface area contributed by atoms with Crippen LogP contribution in [0.4, 0.5) is 0 Å². The monoisotopic (exact) mass is 312 g/mol. The quantitative estimate of drug-likeness (QED) is 0.937. The molecule has 1 aliphatic heterocycles. The summed E-state index contributed by atoms with van der Waals surface area (Å²) in [6.07, 6.45) is 4.01. The Labute approximate surface area is 137 Å². The van der Waals surface area contributed by atoms with Gasteiger partial charge in [-0.05, 0) is 49.1 Å². The Morgan fingerprint density at radius 2 is 2.00 bits per heavy atom. The number of rotatable bonds is 4. The first kappa shape index (κ1) is 15.8. The van der Waals surface area contributed by atoms with Crippen molar-refractivity contribution >= 4 is 5.91 Å². The van der Waals surface area contributed by atoms with Crippen molar-refractivity contribution in [2.24, 2.45) is 5.73 Å². The number of hydrogen-bond donors (Lipinski definition) is 1. The maximum absolute atomic E-state index is 12.9. The molecule has 3 rings (SSSR count). The molecule has 1 atom stereocenters. The number of benzene rings is 1. The van der Waals surface area contributed by atoms with Crippen molar-refractivity contribution in [1.29, 1.82) is 0 Å². The van der Waals surface area contributed by atoms with Crippen LogP contribution in [0.2, 0.25) is 0 Å². The summed E-state index contributed by atoms with van der Waals surface area (Å²) in [6, 6.07) is 11.7. The molecule has 122 valence electrons. The second-order valence-electron chi connectivity index (χ2n) is 6.07. The molecule has 0 bridgehead atoms. The molecule has 1 aromatic heterocycles. The van der Waals surface area contributed by atoms with Gasteiger partial charge >= 0.3 is 0 Å². The van der Waals surface area contributed by atoms with E-state index in [1.807, 2.05) is 41.3 Å². The third kappa shape index (κ3) is 3.32. The lowest BCUT2D eigenvalue weighted by atomic mass is 9.98. The third-order valence-corrected chi connectivity index (χ3v) is 4.56. The van der Waals surface area contributed by atoms with Crippen molar-refractivity contribution in [3.8, 4) is 0 Å². The molecule has 0 radical (unpaired) electrons. The van der Waals surface area contributed by atoms with Crippen molar-refractivity contribution in [2.75, 3.05) is 6.54 Å². The third-order valence-electron chi connectivity index (χ3n) is 4.56. The number of nitrogens with zero attached hydrogens (tertiary/aromatic N) is 1. The van der Waals surface area contributed by atoms with Crippen LogP contribution in [0.15, 0.2) is 40.8 Å². The Balaban J connectivity index is 1.83. The highest BCUT2D eigenvalue weighted by molar-refractivity contribution is 5.94. The molecule has 1 aromatic carbocycles. The minimum Gasteiger partial charge on any atom is -0.464 e. The normalized spacial score (nSPS) is 18.2. The van der Waals surface area contributed by atoms with E-state index >= 15 is 0 Å². The molecular formula is C19H24N2O2. The van der Waals surface area contributed by atoms with Crippen molar-refractivity contribution in [3.63, 3.8) is 0 Å². The SMILES string of the molecule is CCc1ccc(C2CCCCN2C(=O)c2ccc(CN)cc2)o1. The highest BCUT2D eigenvalue weighted by atomic mass is 16.3. The fraction of sp³-hybridized carbons (Fsp3) is 0.421. The van der Waals surface area contributed by atoms with Gasteiger partial charge in [-0.25, -0.2) is 0 Å². The average Bonchev–Trinajstić information content (AvgIpc) is 3.10. The van der Waals surface area contributed by atoms with Crippen LogP contribution < -0.4 is 5.73 Å². The first-order chi connectivity index (χ1) is 11.2. The van der Waals surface area contributed by atoms with Gasteiger partial charge in [0.25, 0.3) is 5.91 Å². The van der Waals surface area contributed by atoms with Gasteiger partial charge in [0.1, 0.15) is 11.5 Å². The summed E-state index contributed by atoms with van der Waals surface area (Å²) < 4.78 is 5.91. The van der Waals surface area contributed by atoms with E-state index < -0.39 is 0 Å². The molecule has 2 heterocycles. The topological polar surface area (TPSA) is 59.5 Å². The number of amides is 1. The molecule has 1 unspecified atom stereocenters. The van der Waals surface area contributed by atoms with Crippen LogP contribution in [-0.4, -0.2) is 17.4 Å². The average molecular weight is 312 g/mol. The van der Waals surface area contributed by atoms with Crippen LogP contribution in [-0.2, 0) is 13.0 Å². The van der Waals surface area contributed by atoms with Crippen LogP contribution in [0.3, 0.4) is 0 Å². The summed E-state index contributed by atoms with van der Waals surface area (Å²) in [5.41, 5.74) is 7.38. The zero-order valence-corrected chi connectivity index (χ0v) is 13.6. The summed E-state index contributed by atoms with van der Waals surface area (Å²) in [7, 11) is 0. The van der Waals surface area contributed by atoms with Gasteiger partial charge in [-0.1, -0.05) is 19.1 Å². The Kier molecular flexibility index (Phi) is 4.82. The molecule has 4 heteroatoms. The van der Waals surface area contributed by atoms with E-state index in [-0.39, 0.29) is 11.9 Å². The van der Waals surface area contributed by atoms with Crippen molar-refractivity contribution in [3.05, 3.63) is 59.0 Å². The van der Waals surface area contributed by atoms with E-state index in [9.17, 15) is 4.79 Å². The fourth-order valence-electron chi connectivity index (χ4n) is 3.18. The van der Waals surface area contributed by atoms with Crippen LogP contribution in [0.25, 0.3) is 0 Å². The molecule has 1 saturated heterocycles. The Morgan fingerprint density at radius 3 is 2.65 bits per heavy atom. The zero-order valence-electron chi connectivity index (χ0n) is 13.6. The highest BCUT2D eigenvalue weighted by Crippen LogP contribution is 2.33. The second kappa shape index (κ2) is 7.01. The van der Waals surface area contributed by atoms with Gasteiger partial charge in [0.05, 0.1) is 6.04 Å². The smallest absolute Gasteiger partial charge is 0.254 e. The molecule has 23 heavy (non-hydrogen) atoms. The first-order valence-electron chi connectivity index (χ1n) is 8.41. The van der Waals surface area contributed by atoms with Crippen LogP contribution >= 0.6 is 0 Å². The predicted molar refractivity (Wildman–Crippen MR) is 90.0 cm³/mol. The summed E-state index contributed by atoms with van der Waals surface area (Å²) >= 11 is 0. The van der Waals surface area contributed by atoms with E-state index in [0.717, 1.165) is 54.9 Å². The summed E-state index contributed by atoms with van der Waals surface area (Å²) in [6.45, 7) is 3.35. The molecule has 0 spiro atoms. The summed E-state index contributed by atoms with van der Waals surface area (Å²) in [5.74, 6) is 1.96. The molecule has 1 aliphatic rings. The van der Waals surface area contributed by atoms with Gasteiger partial charge in [-0.15, -0.1) is 0 Å². The maximum Gasteiger partial charge on any atom is 0.254 e. The lowest BCUT2D eigenvalue weighted by Gasteiger charge is -2.34. The summed E-state index contributed by atoms with van der Waals surface area (Å²) in [5, 5.41) is 0. The molecule has 4 nitrogen and oxygen atoms in total. The first-order valence-corrected chi connectivity index (χ1v) is 8.41. The number of piperidine rings is 1. The zero-order chi connectivity index (χ0) is 16.2. The van der Waals surface area contributed by atoms with Gasteiger partial charge in [-0.2, -0.15) is 0 Å². The number of carbonyl (C=O) groups excluding carboxylic acids is 1. The standard InChI is InChI=1S/C19H24N2O2/c1-2-16-10-11-18(23-16)17-5-3-4-12-21(17)19(22)15-8-6-14(13-20)7-9-15/h6-11,17H,2-5,12-13,20H2,1H3. The van der Waals surface area contributed by atoms with Gasteiger partial charge in [-0.3, -0.25) is 4.79 Å². The fourth-order valence-corrected chi connectivity index (χ4v) is 3.18. The van der Waals surface area contributed by atoms with E-state index in [0.29, 0.717) is 6.54 Å². The van der Waals surface area contributed by atoms with E-state index in [1.165, 1.54) is 0 Å². The Hall–Kier alpha value is -2.07. The molecule has 2 N–H and O–H groups in total. The highest BCUT2D eigenvalue weighted by Gasteiger charge is 2.30. The number of aryl methyl sites for hydroxylation is 1. The molecular weight excluding hydrogens is 288 g/mol. The number of furan rings is 1.